The molecule has 0 spiro atoms. The van der Waals surface area contributed by atoms with Crippen LogP contribution in [-0.4, -0.2) is 67.4 Å². The van der Waals surface area contributed by atoms with E-state index in [-0.39, 0.29) is 42.8 Å². The minimum atomic E-state index is -4.65. The van der Waals surface area contributed by atoms with Gasteiger partial charge in [0.15, 0.2) is 0 Å². The van der Waals surface area contributed by atoms with Gasteiger partial charge in [0, 0.05) is 26.2 Å². The number of carbonyl (C=O) groups is 2. The summed E-state index contributed by atoms with van der Waals surface area (Å²) in [6.07, 6.45) is -3.28. The van der Waals surface area contributed by atoms with Gasteiger partial charge < -0.3 is 10.1 Å². The van der Waals surface area contributed by atoms with E-state index in [4.69, 9.17) is 4.74 Å². The smallest absolute Gasteiger partial charge is 0.416 e. The Balaban J connectivity index is 1.74. The molecular weight excluding hydrogens is 523 g/mol. The van der Waals surface area contributed by atoms with Crippen molar-refractivity contribution in [2.45, 2.75) is 82.6 Å². The van der Waals surface area contributed by atoms with Crippen molar-refractivity contribution in [2.24, 2.45) is 17.8 Å². The lowest BCUT2D eigenvalue weighted by molar-refractivity contribution is -0.137. The third kappa shape index (κ3) is 6.62. The molecule has 12 heteroatoms. The molecule has 3 rings (SSSR count). The first-order valence-electron chi connectivity index (χ1n) is 12.9. The Kier molecular flexibility index (Phi) is 8.77. The Labute approximate surface area is 222 Å². The number of hydrogen-bond acceptors (Lipinski definition) is 5. The Morgan fingerprint density at radius 2 is 1.84 bits per heavy atom. The van der Waals surface area contributed by atoms with E-state index in [1.54, 1.807) is 20.8 Å². The zero-order chi connectivity index (χ0) is 28.6. The van der Waals surface area contributed by atoms with Gasteiger partial charge in [0.05, 0.1) is 10.5 Å². The number of benzene rings is 1. The van der Waals surface area contributed by atoms with Crippen molar-refractivity contribution in [1.82, 2.24) is 14.5 Å². The molecule has 1 N–H and O–H groups in total. The maximum atomic E-state index is 13.4. The van der Waals surface area contributed by atoms with E-state index < -0.39 is 44.4 Å². The summed E-state index contributed by atoms with van der Waals surface area (Å²) in [6, 6.07) is 2.66. The van der Waals surface area contributed by atoms with Crippen molar-refractivity contribution < 1.29 is 35.9 Å². The van der Waals surface area contributed by atoms with E-state index in [1.807, 2.05) is 13.8 Å². The first-order valence-corrected chi connectivity index (χ1v) is 14.3. The molecule has 1 aliphatic carbocycles. The molecule has 214 valence electrons. The quantitative estimate of drug-likeness (QED) is 0.529. The summed E-state index contributed by atoms with van der Waals surface area (Å²) >= 11 is 0. The van der Waals surface area contributed by atoms with Gasteiger partial charge in [0.2, 0.25) is 15.9 Å². The first-order chi connectivity index (χ1) is 17.5. The number of rotatable bonds is 7. The second-order valence-corrected chi connectivity index (χ2v) is 13.3. The summed E-state index contributed by atoms with van der Waals surface area (Å²) in [7, 11) is -2.61. The van der Waals surface area contributed by atoms with Crippen LogP contribution in [0.1, 0.15) is 59.4 Å². The maximum Gasteiger partial charge on any atom is 0.416 e. The number of likely N-dealkylation sites (N-methyl/N-ethyl adjacent to an activating group) is 1. The number of nitrogens with zero attached hydrogens (tertiary/aromatic N) is 2. The predicted octanol–water partition coefficient (Wildman–Crippen LogP) is 4.50. The summed E-state index contributed by atoms with van der Waals surface area (Å²) in [5.74, 6) is -0.695. The van der Waals surface area contributed by atoms with Crippen molar-refractivity contribution in [3.05, 3.63) is 29.8 Å². The number of amides is 2. The first kappa shape index (κ1) is 30.2. The molecule has 5 atom stereocenters. The molecule has 1 aromatic rings. The van der Waals surface area contributed by atoms with E-state index in [0.717, 1.165) is 12.1 Å². The van der Waals surface area contributed by atoms with Gasteiger partial charge in [-0.15, -0.1) is 0 Å². The highest BCUT2D eigenvalue weighted by Crippen LogP contribution is 2.41. The molecule has 1 heterocycles. The van der Waals surface area contributed by atoms with Crippen LogP contribution in [0.2, 0.25) is 0 Å². The molecule has 8 nitrogen and oxygen atoms in total. The largest absolute Gasteiger partial charge is 0.444 e. The summed E-state index contributed by atoms with van der Waals surface area (Å²) in [5.41, 5.74) is -1.74. The van der Waals surface area contributed by atoms with Crippen LogP contribution >= 0.6 is 0 Å². The van der Waals surface area contributed by atoms with Gasteiger partial charge in [-0.3, -0.25) is 9.69 Å². The van der Waals surface area contributed by atoms with Gasteiger partial charge in [-0.25, -0.2) is 13.2 Å². The van der Waals surface area contributed by atoms with Crippen molar-refractivity contribution in [2.75, 3.05) is 20.1 Å². The zero-order valence-electron chi connectivity index (χ0n) is 22.7. The lowest BCUT2D eigenvalue weighted by Crippen LogP contribution is -2.54. The molecular formula is C26H38F3N3O5S. The number of carbonyl (C=O) groups excluding carboxylic acids is 2. The normalized spacial score (nSPS) is 24.0. The van der Waals surface area contributed by atoms with Gasteiger partial charge in [-0.05, 0) is 69.6 Å². The minimum Gasteiger partial charge on any atom is -0.444 e. The van der Waals surface area contributed by atoms with Crippen molar-refractivity contribution in [3.63, 3.8) is 0 Å². The highest BCUT2D eigenvalue weighted by atomic mass is 32.2. The van der Waals surface area contributed by atoms with Gasteiger partial charge in [0.1, 0.15) is 11.6 Å². The molecule has 0 unspecified atom stereocenters. The standard InChI is InChI=1S/C26H38F3N3O5S/c1-7-16(2)22(31(6)24(34)37-25(3,4)5)23(33)30-21-12-11-17-14-32(15-20(17)21)38(35,36)19-10-8-9-18(13-19)26(27,28)29/h8-10,13,16-17,20-22H,7,11-12,14-15H2,1-6H3,(H,30,33)/t16-,17+,20-,21-,22-/m0/s1. The van der Waals surface area contributed by atoms with E-state index in [9.17, 15) is 31.2 Å². The number of nitrogens with one attached hydrogen (secondary N) is 1. The van der Waals surface area contributed by atoms with Crippen LogP contribution in [-0.2, 0) is 25.7 Å². The van der Waals surface area contributed by atoms with Crippen molar-refractivity contribution >= 4 is 22.0 Å². The SMILES string of the molecule is CC[C@H](C)[C@@H](C(=O)N[C@H]1CC[C@@H]2CN(S(=O)(=O)c3cccc(C(F)(F)F)c3)C[C@@H]21)N(C)C(=O)OC(C)(C)C. The summed E-state index contributed by atoms with van der Waals surface area (Å²) < 4.78 is 72.5. The Bertz CT molecular complexity index is 1140. The van der Waals surface area contributed by atoms with Crippen molar-refractivity contribution in [1.29, 1.82) is 0 Å². The lowest BCUT2D eigenvalue weighted by atomic mass is 9.95. The Hall–Kier alpha value is -2.34. The van der Waals surface area contributed by atoms with E-state index in [0.29, 0.717) is 25.3 Å². The molecule has 38 heavy (non-hydrogen) atoms. The van der Waals surface area contributed by atoms with E-state index in [2.05, 4.69) is 5.32 Å². The second-order valence-electron chi connectivity index (χ2n) is 11.4. The highest BCUT2D eigenvalue weighted by Gasteiger charge is 2.48. The summed E-state index contributed by atoms with van der Waals surface area (Å²) in [6.45, 7) is 9.32. The maximum absolute atomic E-state index is 13.4. The van der Waals surface area contributed by atoms with Gasteiger partial charge >= 0.3 is 12.3 Å². The van der Waals surface area contributed by atoms with E-state index >= 15 is 0 Å². The monoisotopic (exact) mass is 561 g/mol. The van der Waals surface area contributed by atoms with Crippen LogP contribution in [0.4, 0.5) is 18.0 Å². The third-order valence-corrected chi connectivity index (χ3v) is 9.33. The fourth-order valence-corrected chi connectivity index (χ4v) is 6.92. The predicted molar refractivity (Wildman–Crippen MR) is 136 cm³/mol. The average Bonchev–Trinajstić information content (AvgIpc) is 3.40. The topological polar surface area (TPSA) is 96.0 Å². The van der Waals surface area contributed by atoms with Crippen molar-refractivity contribution in [3.8, 4) is 0 Å². The molecule has 2 fully saturated rings. The molecule has 2 aliphatic rings. The Morgan fingerprint density at radius 3 is 2.42 bits per heavy atom. The molecule has 1 saturated heterocycles. The second kappa shape index (κ2) is 11.0. The lowest BCUT2D eigenvalue weighted by Gasteiger charge is -2.34. The molecule has 0 bridgehead atoms. The van der Waals surface area contributed by atoms with Gasteiger partial charge in [0.25, 0.3) is 0 Å². The number of halogens is 3. The molecule has 1 saturated carbocycles. The number of ether oxygens (including phenoxy) is 1. The fraction of sp³-hybridized carbons (Fsp3) is 0.692. The molecule has 2 amide bonds. The van der Waals surface area contributed by atoms with Crippen LogP contribution < -0.4 is 5.32 Å². The van der Waals surface area contributed by atoms with Crippen LogP contribution in [0.15, 0.2) is 29.2 Å². The Morgan fingerprint density at radius 1 is 1.18 bits per heavy atom. The number of alkyl halides is 3. The molecule has 1 aliphatic heterocycles. The number of fused-ring (bicyclic) bond motifs is 1. The van der Waals surface area contributed by atoms with Crippen LogP contribution in [0, 0.1) is 17.8 Å². The molecule has 0 aromatic heterocycles. The number of hydrogen-bond donors (Lipinski definition) is 1. The van der Waals surface area contributed by atoms with E-state index in [1.165, 1.54) is 22.3 Å². The highest BCUT2D eigenvalue weighted by molar-refractivity contribution is 7.89. The van der Waals surface area contributed by atoms with Crippen LogP contribution in [0.25, 0.3) is 0 Å². The fourth-order valence-electron chi connectivity index (χ4n) is 5.34. The average molecular weight is 562 g/mol. The number of sulfonamides is 1. The van der Waals surface area contributed by atoms with Gasteiger partial charge in [-0.1, -0.05) is 26.3 Å². The van der Waals surface area contributed by atoms with Crippen LogP contribution in [0.3, 0.4) is 0 Å². The molecule has 0 radical (unpaired) electrons. The zero-order valence-corrected chi connectivity index (χ0v) is 23.5. The third-order valence-electron chi connectivity index (χ3n) is 7.50. The molecule has 1 aromatic carbocycles. The minimum absolute atomic E-state index is 0.0218. The summed E-state index contributed by atoms with van der Waals surface area (Å²) in [5, 5.41) is 3.05. The van der Waals surface area contributed by atoms with Crippen LogP contribution in [0.5, 0.6) is 0 Å². The summed E-state index contributed by atoms with van der Waals surface area (Å²) in [4.78, 5) is 27.0. The van der Waals surface area contributed by atoms with Gasteiger partial charge in [-0.2, -0.15) is 17.5 Å².